The van der Waals surface area contributed by atoms with Crippen molar-refractivity contribution in [2.45, 2.75) is 70.4 Å². The van der Waals surface area contributed by atoms with Gasteiger partial charge >= 0.3 is 6.03 Å². The summed E-state index contributed by atoms with van der Waals surface area (Å²) in [6.45, 7) is 3.71. The van der Waals surface area contributed by atoms with Gasteiger partial charge in [0.15, 0.2) is 0 Å². The fourth-order valence-corrected chi connectivity index (χ4v) is 3.56. The van der Waals surface area contributed by atoms with Gasteiger partial charge in [-0.25, -0.2) is 4.79 Å². The van der Waals surface area contributed by atoms with Gasteiger partial charge in [0, 0.05) is 31.1 Å². The molecule has 5 nitrogen and oxygen atoms in total. The zero-order chi connectivity index (χ0) is 15.5. The van der Waals surface area contributed by atoms with Gasteiger partial charge in [-0.2, -0.15) is 0 Å². The lowest BCUT2D eigenvalue weighted by Gasteiger charge is -2.33. The van der Waals surface area contributed by atoms with Crippen LogP contribution in [0.15, 0.2) is 0 Å². The third-order valence-corrected chi connectivity index (χ3v) is 5.42. The second-order valence-corrected chi connectivity index (χ2v) is 7.45. The van der Waals surface area contributed by atoms with Gasteiger partial charge in [0.1, 0.15) is 0 Å². The highest BCUT2D eigenvalue weighted by molar-refractivity contribution is 5.80. The van der Waals surface area contributed by atoms with Crippen LogP contribution >= 0.6 is 0 Å². The lowest BCUT2D eigenvalue weighted by Crippen LogP contribution is -2.48. The molecule has 5 heteroatoms. The normalized spacial score (nSPS) is 30.0. The third-order valence-electron chi connectivity index (χ3n) is 5.42. The Morgan fingerprint density at radius 3 is 1.95 bits per heavy atom. The summed E-state index contributed by atoms with van der Waals surface area (Å²) in [6.07, 6.45) is 8.52. The Labute approximate surface area is 133 Å². The van der Waals surface area contributed by atoms with Gasteiger partial charge in [-0.3, -0.25) is 4.79 Å². The van der Waals surface area contributed by atoms with Crippen LogP contribution in [0.5, 0.6) is 0 Å². The first-order valence-electron chi connectivity index (χ1n) is 8.97. The maximum atomic E-state index is 12.4. The molecule has 0 unspecified atom stereocenters. The topological polar surface area (TPSA) is 61.4 Å². The lowest BCUT2D eigenvalue weighted by molar-refractivity contribution is -0.127. The molecule has 1 saturated heterocycles. The zero-order valence-electron chi connectivity index (χ0n) is 13.6. The SMILES string of the molecule is CC1CCC(NC(=O)C2CCN(C(=O)NC3CC3)CC2)CC1. The van der Waals surface area contributed by atoms with Crippen molar-refractivity contribution >= 4 is 11.9 Å². The van der Waals surface area contributed by atoms with Crippen molar-refractivity contribution in [3.05, 3.63) is 0 Å². The first kappa shape index (κ1) is 15.6. The fourth-order valence-electron chi connectivity index (χ4n) is 3.56. The van der Waals surface area contributed by atoms with Crippen molar-refractivity contribution in [1.82, 2.24) is 15.5 Å². The maximum Gasteiger partial charge on any atom is 0.317 e. The average Bonchev–Trinajstić information content (AvgIpc) is 3.33. The van der Waals surface area contributed by atoms with Crippen molar-refractivity contribution in [3.8, 4) is 0 Å². The number of likely N-dealkylation sites (tertiary alicyclic amines) is 1. The maximum absolute atomic E-state index is 12.4. The van der Waals surface area contributed by atoms with Crippen molar-refractivity contribution in [2.75, 3.05) is 13.1 Å². The highest BCUT2D eigenvalue weighted by atomic mass is 16.2. The minimum atomic E-state index is 0.0580. The van der Waals surface area contributed by atoms with E-state index in [2.05, 4.69) is 17.6 Å². The van der Waals surface area contributed by atoms with E-state index in [1.54, 1.807) is 0 Å². The molecule has 2 saturated carbocycles. The molecule has 0 bridgehead atoms. The van der Waals surface area contributed by atoms with E-state index >= 15 is 0 Å². The molecule has 0 spiro atoms. The van der Waals surface area contributed by atoms with E-state index in [9.17, 15) is 9.59 Å². The van der Waals surface area contributed by atoms with Crippen molar-refractivity contribution in [3.63, 3.8) is 0 Å². The summed E-state index contributed by atoms with van der Waals surface area (Å²) in [5, 5.41) is 6.26. The molecule has 3 amide bonds. The van der Waals surface area contributed by atoms with E-state index in [1.807, 2.05) is 4.90 Å². The summed E-state index contributed by atoms with van der Waals surface area (Å²) >= 11 is 0. The smallest absolute Gasteiger partial charge is 0.317 e. The summed E-state index contributed by atoms with van der Waals surface area (Å²) < 4.78 is 0. The first-order valence-corrected chi connectivity index (χ1v) is 8.97. The van der Waals surface area contributed by atoms with Crippen LogP contribution in [0.2, 0.25) is 0 Å². The quantitative estimate of drug-likeness (QED) is 0.840. The number of piperidine rings is 1. The third kappa shape index (κ3) is 4.14. The van der Waals surface area contributed by atoms with Crippen LogP contribution in [0.25, 0.3) is 0 Å². The van der Waals surface area contributed by atoms with Crippen LogP contribution in [-0.4, -0.2) is 42.0 Å². The summed E-state index contributed by atoms with van der Waals surface area (Å²) in [7, 11) is 0. The lowest BCUT2D eigenvalue weighted by atomic mass is 9.86. The molecule has 0 radical (unpaired) electrons. The molecule has 3 rings (SSSR count). The van der Waals surface area contributed by atoms with Gasteiger partial charge in [0.2, 0.25) is 5.91 Å². The van der Waals surface area contributed by atoms with Crippen LogP contribution in [0, 0.1) is 11.8 Å². The standard InChI is InChI=1S/C17H29N3O2/c1-12-2-4-14(5-3-12)18-16(21)13-8-10-20(11-9-13)17(22)19-15-6-7-15/h12-15H,2-11H2,1H3,(H,18,21)(H,19,22). The Morgan fingerprint density at radius 2 is 1.36 bits per heavy atom. The summed E-state index contributed by atoms with van der Waals surface area (Å²) in [5.74, 6) is 1.10. The van der Waals surface area contributed by atoms with E-state index in [0.717, 1.165) is 44.4 Å². The van der Waals surface area contributed by atoms with E-state index < -0.39 is 0 Å². The van der Waals surface area contributed by atoms with Crippen LogP contribution in [0.4, 0.5) is 4.79 Å². The second-order valence-electron chi connectivity index (χ2n) is 7.45. The Balaban J connectivity index is 1.38. The van der Waals surface area contributed by atoms with E-state index in [1.165, 1.54) is 12.8 Å². The minimum absolute atomic E-state index is 0.0580. The summed E-state index contributed by atoms with van der Waals surface area (Å²) in [4.78, 5) is 26.2. The largest absolute Gasteiger partial charge is 0.353 e. The van der Waals surface area contributed by atoms with Gasteiger partial charge in [-0.05, 0) is 57.3 Å². The van der Waals surface area contributed by atoms with Crippen molar-refractivity contribution in [2.24, 2.45) is 11.8 Å². The van der Waals surface area contributed by atoms with Gasteiger partial charge in [-0.1, -0.05) is 6.92 Å². The number of nitrogens with zero attached hydrogens (tertiary/aromatic N) is 1. The zero-order valence-corrected chi connectivity index (χ0v) is 13.6. The molecule has 1 heterocycles. The Hall–Kier alpha value is -1.26. The first-order chi connectivity index (χ1) is 10.6. The number of amides is 3. The number of nitrogens with one attached hydrogen (secondary N) is 2. The molecule has 0 aromatic rings. The molecule has 0 aromatic heterocycles. The summed E-state index contributed by atoms with van der Waals surface area (Å²) in [5.41, 5.74) is 0. The molecule has 3 fully saturated rings. The van der Waals surface area contributed by atoms with Crippen LogP contribution in [-0.2, 0) is 4.79 Å². The van der Waals surface area contributed by atoms with Crippen molar-refractivity contribution in [1.29, 1.82) is 0 Å². The molecular weight excluding hydrogens is 278 g/mol. The number of hydrogen-bond donors (Lipinski definition) is 2. The van der Waals surface area contributed by atoms with Crippen LogP contribution in [0.1, 0.15) is 58.3 Å². The minimum Gasteiger partial charge on any atom is -0.353 e. The van der Waals surface area contributed by atoms with Gasteiger partial charge in [0.05, 0.1) is 0 Å². The molecule has 0 atom stereocenters. The van der Waals surface area contributed by atoms with Gasteiger partial charge in [-0.15, -0.1) is 0 Å². The predicted molar refractivity (Wildman–Crippen MR) is 85.4 cm³/mol. The van der Waals surface area contributed by atoms with E-state index in [4.69, 9.17) is 0 Å². The number of carbonyl (C=O) groups excluding carboxylic acids is 2. The number of carbonyl (C=O) groups is 2. The molecule has 2 N–H and O–H groups in total. The number of hydrogen-bond acceptors (Lipinski definition) is 2. The van der Waals surface area contributed by atoms with Gasteiger partial charge in [0.25, 0.3) is 0 Å². The van der Waals surface area contributed by atoms with Crippen LogP contribution in [0.3, 0.4) is 0 Å². The molecule has 22 heavy (non-hydrogen) atoms. The molecule has 3 aliphatic rings. The second kappa shape index (κ2) is 6.88. The monoisotopic (exact) mass is 307 g/mol. The molecule has 124 valence electrons. The number of urea groups is 1. The molecule has 1 aliphatic heterocycles. The fraction of sp³-hybridized carbons (Fsp3) is 0.882. The molecule has 0 aromatic carbocycles. The molecular formula is C17H29N3O2. The Bertz CT molecular complexity index is 406. The van der Waals surface area contributed by atoms with Crippen molar-refractivity contribution < 1.29 is 9.59 Å². The van der Waals surface area contributed by atoms with E-state index in [-0.39, 0.29) is 17.9 Å². The Kier molecular flexibility index (Phi) is 4.89. The Morgan fingerprint density at radius 1 is 0.818 bits per heavy atom. The van der Waals surface area contributed by atoms with E-state index in [0.29, 0.717) is 25.2 Å². The van der Waals surface area contributed by atoms with Crippen LogP contribution < -0.4 is 10.6 Å². The highest BCUT2D eigenvalue weighted by Gasteiger charge is 2.31. The number of rotatable bonds is 3. The molecule has 2 aliphatic carbocycles. The van der Waals surface area contributed by atoms with Gasteiger partial charge < -0.3 is 15.5 Å². The average molecular weight is 307 g/mol. The summed E-state index contributed by atoms with van der Waals surface area (Å²) in [6, 6.07) is 0.838. The predicted octanol–water partition coefficient (Wildman–Crippen LogP) is 2.27. The highest BCUT2D eigenvalue weighted by Crippen LogP contribution is 2.25.